The van der Waals surface area contributed by atoms with Crippen LogP contribution in [-0.2, 0) is 9.59 Å². The number of nitrogens with one attached hydrogen (secondary N) is 3. The van der Waals surface area contributed by atoms with Gasteiger partial charge in [-0.1, -0.05) is 22.0 Å². The Hall–Kier alpha value is -1.11. The highest BCUT2D eigenvalue weighted by Gasteiger charge is 2.21. The van der Waals surface area contributed by atoms with E-state index in [2.05, 4.69) is 31.9 Å². The highest BCUT2D eigenvalue weighted by Crippen LogP contribution is 2.20. The lowest BCUT2D eigenvalue weighted by molar-refractivity contribution is -0.124. The zero-order valence-corrected chi connectivity index (χ0v) is 14.9. The van der Waals surface area contributed by atoms with Crippen molar-refractivity contribution in [3.8, 4) is 0 Å². The fourth-order valence-corrected chi connectivity index (χ4v) is 2.62. The van der Waals surface area contributed by atoms with E-state index in [1.807, 2.05) is 25.1 Å². The molecular formula is C15H21BrClN3O2. The summed E-state index contributed by atoms with van der Waals surface area (Å²) in [5.74, 6) is -0.0205. The summed E-state index contributed by atoms with van der Waals surface area (Å²) in [7, 11) is 0. The van der Waals surface area contributed by atoms with Crippen molar-refractivity contribution in [2.75, 3.05) is 25.0 Å². The number of carbonyl (C=O) groups is 2. The second kappa shape index (κ2) is 9.12. The van der Waals surface area contributed by atoms with Crippen molar-refractivity contribution in [1.82, 2.24) is 10.6 Å². The molecule has 7 heteroatoms. The summed E-state index contributed by atoms with van der Waals surface area (Å²) in [5.41, 5.74) is 1.80. The molecule has 1 aliphatic rings. The molecule has 1 atom stereocenters. The summed E-state index contributed by atoms with van der Waals surface area (Å²) in [6, 6.07) is 5.74. The van der Waals surface area contributed by atoms with Crippen LogP contribution < -0.4 is 16.0 Å². The number of benzene rings is 1. The van der Waals surface area contributed by atoms with E-state index in [1.165, 1.54) is 0 Å². The van der Waals surface area contributed by atoms with Crippen LogP contribution in [0.4, 0.5) is 5.69 Å². The van der Waals surface area contributed by atoms with Crippen molar-refractivity contribution in [2.45, 2.75) is 19.8 Å². The normalized spacial score (nSPS) is 16.7. The van der Waals surface area contributed by atoms with Gasteiger partial charge in [-0.05, 0) is 37.6 Å². The number of carbonyl (C=O) groups excluding carboxylic acids is 2. The van der Waals surface area contributed by atoms with E-state index in [-0.39, 0.29) is 36.6 Å². The van der Waals surface area contributed by atoms with Crippen molar-refractivity contribution >= 4 is 45.8 Å². The van der Waals surface area contributed by atoms with E-state index in [9.17, 15) is 9.59 Å². The summed E-state index contributed by atoms with van der Waals surface area (Å²) in [4.78, 5) is 23.7. The van der Waals surface area contributed by atoms with Crippen molar-refractivity contribution in [2.24, 2.45) is 5.92 Å². The Labute approximate surface area is 145 Å². The number of hydrogen-bond acceptors (Lipinski definition) is 3. The average Bonchev–Trinajstić information content (AvgIpc) is 2.97. The zero-order valence-electron chi connectivity index (χ0n) is 12.4. The number of amides is 2. The Balaban J connectivity index is 0.00000242. The van der Waals surface area contributed by atoms with Crippen LogP contribution >= 0.6 is 28.3 Å². The van der Waals surface area contributed by atoms with Crippen LogP contribution in [0.15, 0.2) is 22.7 Å². The van der Waals surface area contributed by atoms with Gasteiger partial charge in [-0.25, -0.2) is 0 Å². The fourth-order valence-electron chi connectivity index (χ4n) is 2.26. The summed E-state index contributed by atoms with van der Waals surface area (Å²) in [5, 5.41) is 8.83. The maximum atomic E-state index is 11.9. The first kappa shape index (κ1) is 18.9. The van der Waals surface area contributed by atoms with Gasteiger partial charge in [0, 0.05) is 29.7 Å². The predicted octanol–water partition coefficient (Wildman–Crippen LogP) is 2.23. The quantitative estimate of drug-likeness (QED) is 0.722. The number of aryl methyl sites for hydroxylation is 1. The molecule has 1 aromatic carbocycles. The van der Waals surface area contributed by atoms with Gasteiger partial charge in [0.15, 0.2) is 0 Å². The monoisotopic (exact) mass is 389 g/mol. The van der Waals surface area contributed by atoms with Gasteiger partial charge < -0.3 is 16.0 Å². The predicted molar refractivity (Wildman–Crippen MR) is 93.4 cm³/mol. The van der Waals surface area contributed by atoms with Crippen LogP contribution in [0.1, 0.15) is 18.4 Å². The first-order chi connectivity index (χ1) is 10.1. The number of anilines is 1. The molecule has 1 fully saturated rings. The molecule has 1 aliphatic heterocycles. The maximum absolute atomic E-state index is 11.9. The topological polar surface area (TPSA) is 70.2 Å². The van der Waals surface area contributed by atoms with Gasteiger partial charge in [0.1, 0.15) is 0 Å². The van der Waals surface area contributed by atoms with E-state index in [0.29, 0.717) is 6.54 Å². The molecule has 1 unspecified atom stereocenters. The van der Waals surface area contributed by atoms with E-state index in [0.717, 1.165) is 35.2 Å². The van der Waals surface area contributed by atoms with Gasteiger partial charge in [-0.2, -0.15) is 0 Å². The Kier molecular flexibility index (Phi) is 7.85. The third-order valence-corrected chi connectivity index (χ3v) is 4.05. The van der Waals surface area contributed by atoms with Crippen molar-refractivity contribution < 1.29 is 9.59 Å². The molecule has 22 heavy (non-hydrogen) atoms. The third-order valence-electron chi connectivity index (χ3n) is 3.56. The van der Waals surface area contributed by atoms with Gasteiger partial charge in [-0.3, -0.25) is 9.59 Å². The molecule has 1 aromatic rings. The minimum Gasteiger partial charge on any atom is -0.355 e. The van der Waals surface area contributed by atoms with Gasteiger partial charge >= 0.3 is 0 Å². The Bertz CT molecular complexity index is 534. The lowest BCUT2D eigenvalue weighted by Crippen LogP contribution is -2.34. The molecule has 5 nitrogen and oxygen atoms in total. The average molecular weight is 391 g/mol. The fraction of sp³-hybridized carbons (Fsp3) is 0.467. The molecule has 0 radical (unpaired) electrons. The minimum absolute atomic E-state index is 0. The van der Waals surface area contributed by atoms with E-state index in [4.69, 9.17) is 0 Å². The summed E-state index contributed by atoms with van der Waals surface area (Å²) in [6.07, 6.45) is 1.15. The Morgan fingerprint density at radius 3 is 2.86 bits per heavy atom. The van der Waals surface area contributed by atoms with Crippen LogP contribution in [0.2, 0.25) is 0 Å². The zero-order chi connectivity index (χ0) is 15.2. The molecule has 2 amide bonds. The standard InChI is InChI=1S/C15H20BrN3O2.ClH/c1-10-2-3-12(16)8-13(10)19-14(20)5-7-18-15(21)11-4-6-17-9-11;/h2-3,8,11,17H,4-7,9H2,1H3,(H,18,21)(H,19,20);1H. The summed E-state index contributed by atoms with van der Waals surface area (Å²) < 4.78 is 0.922. The summed E-state index contributed by atoms with van der Waals surface area (Å²) >= 11 is 3.38. The molecule has 1 heterocycles. The van der Waals surface area contributed by atoms with Crippen molar-refractivity contribution in [1.29, 1.82) is 0 Å². The first-order valence-corrected chi connectivity index (χ1v) is 7.90. The summed E-state index contributed by atoms with van der Waals surface area (Å²) in [6.45, 7) is 3.93. The second-order valence-electron chi connectivity index (χ2n) is 5.24. The van der Waals surface area contributed by atoms with Crippen LogP contribution in [0.3, 0.4) is 0 Å². The molecule has 0 saturated carbocycles. The molecule has 2 rings (SSSR count). The number of halogens is 2. The smallest absolute Gasteiger partial charge is 0.226 e. The molecule has 1 saturated heterocycles. The molecular weight excluding hydrogens is 370 g/mol. The van der Waals surface area contributed by atoms with Gasteiger partial charge in [0.2, 0.25) is 11.8 Å². The van der Waals surface area contributed by atoms with Gasteiger partial charge in [0.25, 0.3) is 0 Å². The molecule has 0 aliphatic carbocycles. The molecule has 122 valence electrons. The largest absolute Gasteiger partial charge is 0.355 e. The highest BCUT2D eigenvalue weighted by molar-refractivity contribution is 9.10. The molecule has 0 aromatic heterocycles. The minimum atomic E-state index is -0.0963. The Morgan fingerprint density at radius 1 is 1.41 bits per heavy atom. The van der Waals surface area contributed by atoms with Crippen molar-refractivity contribution in [3.05, 3.63) is 28.2 Å². The van der Waals surface area contributed by atoms with Crippen LogP contribution in [-0.4, -0.2) is 31.4 Å². The lowest BCUT2D eigenvalue weighted by Gasteiger charge is -2.11. The SMILES string of the molecule is Cc1ccc(Br)cc1NC(=O)CCNC(=O)C1CCNC1.Cl. The highest BCUT2D eigenvalue weighted by atomic mass is 79.9. The van der Waals surface area contributed by atoms with Crippen LogP contribution in [0, 0.1) is 12.8 Å². The lowest BCUT2D eigenvalue weighted by atomic mass is 10.1. The first-order valence-electron chi connectivity index (χ1n) is 7.10. The van der Waals surface area contributed by atoms with Crippen LogP contribution in [0.25, 0.3) is 0 Å². The molecule has 0 spiro atoms. The van der Waals surface area contributed by atoms with E-state index < -0.39 is 0 Å². The number of rotatable bonds is 5. The van der Waals surface area contributed by atoms with E-state index >= 15 is 0 Å². The van der Waals surface area contributed by atoms with Gasteiger partial charge in [0.05, 0.1) is 5.92 Å². The third kappa shape index (κ3) is 5.59. The van der Waals surface area contributed by atoms with Crippen molar-refractivity contribution in [3.63, 3.8) is 0 Å². The molecule has 0 bridgehead atoms. The Morgan fingerprint density at radius 2 is 2.18 bits per heavy atom. The van der Waals surface area contributed by atoms with Gasteiger partial charge in [-0.15, -0.1) is 12.4 Å². The second-order valence-corrected chi connectivity index (χ2v) is 6.15. The number of hydrogen-bond donors (Lipinski definition) is 3. The maximum Gasteiger partial charge on any atom is 0.226 e. The van der Waals surface area contributed by atoms with Crippen LogP contribution in [0.5, 0.6) is 0 Å². The van der Waals surface area contributed by atoms with E-state index in [1.54, 1.807) is 0 Å². The molecule has 3 N–H and O–H groups in total.